The van der Waals surface area contributed by atoms with Crippen LogP contribution in [0.4, 0.5) is 0 Å². The Morgan fingerprint density at radius 1 is 1.22 bits per heavy atom. The minimum Gasteiger partial charge on any atom is -0.297 e. The Bertz CT molecular complexity index is 315. The summed E-state index contributed by atoms with van der Waals surface area (Å²) < 4.78 is 0. The lowest BCUT2D eigenvalue weighted by atomic mass is 10.0. The highest BCUT2D eigenvalue weighted by molar-refractivity contribution is 5.26. The SMILES string of the molecule is C=N/C=C\C=C(/C)CN1CCN(C(C)(C)C)CC1. The van der Waals surface area contributed by atoms with Crippen LogP contribution in [-0.2, 0) is 0 Å². The van der Waals surface area contributed by atoms with E-state index >= 15 is 0 Å². The number of nitrogens with zero attached hydrogens (tertiary/aromatic N) is 3. The number of piperazine rings is 1. The number of rotatable bonds is 4. The predicted molar refractivity (Wildman–Crippen MR) is 80.2 cm³/mol. The molecule has 3 heteroatoms. The molecule has 1 saturated heterocycles. The second-order valence-corrected chi connectivity index (χ2v) is 5.97. The Kier molecular flexibility index (Phi) is 5.76. The largest absolute Gasteiger partial charge is 0.297 e. The average Bonchev–Trinajstić information content (AvgIpc) is 2.29. The minimum absolute atomic E-state index is 0.301. The molecule has 3 nitrogen and oxygen atoms in total. The molecule has 0 aromatic heterocycles. The van der Waals surface area contributed by atoms with Crippen molar-refractivity contribution in [1.82, 2.24) is 9.80 Å². The van der Waals surface area contributed by atoms with Gasteiger partial charge in [-0.2, -0.15) is 0 Å². The maximum absolute atomic E-state index is 3.70. The van der Waals surface area contributed by atoms with Crippen molar-refractivity contribution in [1.29, 1.82) is 0 Å². The van der Waals surface area contributed by atoms with Gasteiger partial charge in [-0.15, -0.1) is 0 Å². The second-order valence-electron chi connectivity index (χ2n) is 5.97. The molecule has 1 rings (SSSR count). The van der Waals surface area contributed by atoms with E-state index in [0.717, 1.165) is 19.6 Å². The van der Waals surface area contributed by atoms with Crippen molar-refractivity contribution in [2.24, 2.45) is 4.99 Å². The summed E-state index contributed by atoms with van der Waals surface area (Å²) in [6.45, 7) is 18.2. The van der Waals surface area contributed by atoms with Crippen LogP contribution in [0.2, 0.25) is 0 Å². The standard InChI is InChI=1S/C15H27N3/c1-14(7-6-8-16-5)13-17-9-11-18(12-10-17)15(2,3)4/h6-8H,5,9-13H2,1-4H3/b8-6-,14-7+. The molecule has 0 bridgehead atoms. The third kappa shape index (κ3) is 5.15. The van der Waals surface area contributed by atoms with Gasteiger partial charge in [-0.1, -0.05) is 11.6 Å². The Hall–Kier alpha value is -0.930. The topological polar surface area (TPSA) is 18.8 Å². The fourth-order valence-corrected chi connectivity index (χ4v) is 2.25. The molecule has 0 saturated carbocycles. The van der Waals surface area contributed by atoms with Crippen molar-refractivity contribution >= 4 is 6.72 Å². The molecule has 102 valence electrons. The van der Waals surface area contributed by atoms with Crippen molar-refractivity contribution < 1.29 is 0 Å². The van der Waals surface area contributed by atoms with E-state index in [-0.39, 0.29) is 0 Å². The lowest BCUT2D eigenvalue weighted by Gasteiger charge is -2.42. The molecular formula is C15H27N3. The van der Waals surface area contributed by atoms with E-state index in [4.69, 9.17) is 0 Å². The first-order valence-corrected chi connectivity index (χ1v) is 6.69. The first-order chi connectivity index (χ1) is 8.43. The highest BCUT2D eigenvalue weighted by atomic mass is 15.3. The maximum atomic E-state index is 3.70. The van der Waals surface area contributed by atoms with E-state index in [1.54, 1.807) is 6.20 Å². The first kappa shape index (κ1) is 15.1. The van der Waals surface area contributed by atoms with Crippen LogP contribution in [-0.4, -0.2) is 54.8 Å². The lowest BCUT2D eigenvalue weighted by molar-refractivity contribution is 0.0664. The molecule has 0 amide bonds. The molecule has 0 aromatic rings. The highest BCUT2D eigenvalue weighted by Crippen LogP contribution is 2.16. The van der Waals surface area contributed by atoms with E-state index in [2.05, 4.69) is 55.3 Å². The quantitative estimate of drug-likeness (QED) is 0.563. The number of aliphatic imine (C=N–C) groups is 1. The third-order valence-corrected chi connectivity index (χ3v) is 3.37. The molecule has 1 heterocycles. The highest BCUT2D eigenvalue weighted by Gasteiger charge is 2.25. The molecule has 18 heavy (non-hydrogen) atoms. The molecule has 0 aromatic carbocycles. The summed E-state index contributed by atoms with van der Waals surface area (Å²) in [4.78, 5) is 8.77. The number of hydrogen-bond acceptors (Lipinski definition) is 3. The summed E-state index contributed by atoms with van der Waals surface area (Å²) in [7, 11) is 0. The van der Waals surface area contributed by atoms with Gasteiger partial charge in [0.15, 0.2) is 0 Å². The molecule has 0 radical (unpaired) electrons. The summed E-state index contributed by atoms with van der Waals surface area (Å²) in [6, 6.07) is 0. The van der Waals surface area contributed by atoms with Gasteiger partial charge < -0.3 is 0 Å². The average molecular weight is 249 g/mol. The van der Waals surface area contributed by atoms with E-state index in [9.17, 15) is 0 Å². The second kappa shape index (κ2) is 6.86. The molecular weight excluding hydrogens is 222 g/mol. The lowest BCUT2D eigenvalue weighted by Crippen LogP contribution is -2.53. The van der Waals surface area contributed by atoms with Crippen LogP contribution in [0, 0.1) is 0 Å². The van der Waals surface area contributed by atoms with Crippen LogP contribution in [0.3, 0.4) is 0 Å². The van der Waals surface area contributed by atoms with Crippen LogP contribution < -0.4 is 0 Å². The zero-order valence-corrected chi connectivity index (χ0v) is 12.3. The van der Waals surface area contributed by atoms with Crippen molar-refractivity contribution in [2.45, 2.75) is 33.2 Å². The van der Waals surface area contributed by atoms with Crippen molar-refractivity contribution in [3.63, 3.8) is 0 Å². The smallest absolute Gasteiger partial charge is 0.0260 e. The molecule has 1 aliphatic rings. The Labute approximate surface area is 112 Å². The first-order valence-electron chi connectivity index (χ1n) is 6.69. The predicted octanol–water partition coefficient (Wildman–Crippen LogP) is 2.56. The molecule has 0 spiro atoms. The molecule has 1 fully saturated rings. The van der Waals surface area contributed by atoms with E-state index in [1.165, 1.54) is 18.7 Å². The summed E-state index contributed by atoms with van der Waals surface area (Å²) in [5.74, 6) is 0. The van der Waals surface area contributed by atoms with Gasteiger partial charge in [-0.25, -0.2) is 0 Å². The van der Waals surface area contributed by atoms with Crippen LogP contribution in [0.5, 0.6) is 0 Å². The van der Waals surface area contributed by atoms with Gasteiger partial charge in [-0.05, 0) is 40.5 Å². The van der Waals surface area contributed by atoms with Gasteiger partial charge in [0.25, 0.3) is 0 Å². The van der Waals surface area contributed by atoms with Gasteiger partial charge >= 0.3 is 0 Å². The van der Waals surface area contributed by atoms with Crippen molar-refractivity contribution in [3.8, 4) is 0 Å². The van der Waals surface area contributed by atoms with E-state index < -0.39 is 0 Å². The normalized spacial score (nSPS) is 20.6. The molecule has 0 N–H and O–H groups in total. The molecule has 0 unspecified atom stereocenters. The van der Waals surface area contributed by atoms with Crippen LogP contribution in [0.25, 0.3) is 0 Å². The summed E-state index contributed by atoms with van der Waals surface area (Å²) in [5.41, 5.74) is 1.68. The van der Waals surface area contributed by atoms with Crippen LogP contribution >= 0.6 is 0 Å². The monoisotopic (exact) mass is 249 g/mol. The third-order valence-electron chi connectivity index (χ3n) is 3.37. The van der Waals surface area contributed by atoms with Crippen molar-refractivity contribution in [3.05, 3.63) is 23.9 Å². The minimum atomic E-state index is 0.301. The van der Waals surface area contributed by atoms with E-state index in [1.807, 2.05) is 6.08 Å². The van der Waals surface area contributed by atoms with Gasteiger partial charge in [-0.3, -0.25) is 14.8 Å². The Morgan fingerprint density at radius 2 is 1.83 bits per heavy atom. The van der Waals surface area contributed by atoms with Gasteiger partial charge in [0.2, 0.25) is 0 Å². The van der Waals surface area contributed by atoms with Crippen LogP contribution in [0.1, 0.15) is 27.7 Å². The van der Waals surface area contributed by atoms with Crippen molar-refractivity contribution in [2.75, 3.05) is 32.7 Å². The Balaban J connectivity index is 2.38. The van der Waals surface area contributed by atoms with Crippen LogP contribution in [0.15, 0.2) is 28.9 Å². The number of allylic oxidation sites excluding steroid dienone is 2. The maximum Gasteiger partial charge on any atom is 0.0260 e. The summed E-state index contributed by atoms with van der Waals surface area (Å²) in [5, 5.41) is 0. The zero-order chi connectivity index (χ0) is 13.6. The summed E-state index contributed by atoms with van der Waals surface area (Å²) >= 11 is 0. The van der Waals surface area contributed by atoms with E-state index in [0.29, 0.717) is 5.54 Å². The fraction of sp³-hybridized carbons (Fsp3) is 0.667. The number of hydrogen-bond donors (Lipinski definition) is 0. The van der Waals surface area contributed by atoms with Gasteiger partial charge in [0.05, 0.1) is 0 Å². The fourth-order valence-electron chi connectivity index (χ4n) is 2.25. The summed E-state index contributed by atoms with van der Waals surface area (Å²) in [6.07, 6.45) is 5.79. The molecule has 0 atom stereocenters. The zero-order valence-electron chi connectivity index (χ0n) is 12.3. The van der Waals surface area contributed by atoms with Gasteiger partial charge in [0.1, 0.15) is 0 Å². The molecule has 1 aliphatic heterocycles. The molecule has 0 aliphatic carbocycles. The Morgan fingerprint density at radius 3 is 2.33 bits per heavy atom. The van der Waals surface area contributed by atoms with Gasteiger partial charge in [0, 0.05) is 44.5 Å².